The van der Waals surface area contributed by atoms with Gasteiger partial charge in [-0.25, -0.2) is 0 Å². The molecular weight excluding hydrogens is 272 g/mol. The lowest BCUT2D eigenvalue weighted by molar-refractivity contribution is 0.116. The molecule has 0 fully saturated rings. The fourth-order valence-electron chi connectivity index (χ4n) is 2.90. The zero-order chi connectivity index (χ0) is 15.9. The quantitative estimate of drug-likeness (QED) is 0.744. The van der Waals surface area contributed by atoms with Crippen LogP contribution in [0.1, 0.15) is 45.1 Å². The SMILES string of the molecule is C=C(C)C1=CCOC1CC/C(=C/c1ccccc1O)CCC. The molecule has 1 unspecified atom stereocenters. The summed E-state index contributed by atoms with van der Waals surface area (Å²) in [5, 5.41) is 9.93. The molecule has 2 heteroatoms. The minimum atomic E-state index is 0.169. The highest BCUT2D eigenvalue weighted by Gasteiger charge is 2.20. The third-order valence-electron chi connectivity index (χ3n) is 4.04. The number of aromatic hydroxyl groups is 1. The van der Waals surface area contributed by atoms with Gasteiger partial charge in [0.15, 0.2) is 0 Å². The maximum atomic E-state index is 9.93. The summed E-state index contributed by atoms with van der Waals surface area (Å²) in [5.41, 5.74) is 4.61. The van der Waals surface area contributed by atoms with Crippen molar-refractivity contribution in [1.82, 2.24) is 0 Å². The number of para-hydroxylation sites is 1. The van der Waals surface area contributed by atoms with Gasteiger partial charge in [0, 0.05) is 5.56 Å². The van der Waals surface area contributed by atoms with E-state index in [1.807, 2.05) is 25.1 Å². The molecule has 22 heavy (non-hydrogen) atoms. The van der Waals surface area contributed by atoms with Gasteiger partial charge < -0.3 is 9.84 Å². The van der Waals surface area contributed by atoms with Crippen LogP contribution in [0.3, 0.4) is 0 Å². The first-order chi connectivity index (χ1) is 10.6. The number of ether oxygens (including phenoxy) is 1. The number of benzene rings is 1. The van der Waals surface area contributed by atoms with Gasteiger partial charge in [0.2, 0.25) is 0 Å². The first-order valence-corrected chi connectivity index (χ1v) is 8.06. The van der Waals surface area contributed by atoms with Crippen molar-refractivity contribution < 1.29 is 9.84 Å². The summed E-state index contributed by atoms with van der Waals surface area (Å²) in [6.45, 7) is 8.95. The summed E-state index contributed by atoms with van der Waals surface area (Å²) < 4.78 is 5.80. The van der Waals surface area contributed by atoms with E-state index in [4.69, 9.17) is 4.74 Å². The van der Waals surface area contributed by atoms with Crippen LogP contribution < -0.4 is 0 Å². The average molecular weight is 298 g/mol. The number of rotatable bonds is 7. The molecule has 1 N–H and O–H groups in total. The normalized spacial score (nSPS) is 18.4. The van der Waals surface area contributed by atoms with Crippen molar-refractivity contribution in [2.45, 2.75) is 45.6 Å². The highest BCUT2D eigenvalue weighted by molar-refractivity contribution is 5.59. The highest BCUT2D eigenvalue weighted by atomic mass is 16.5. The Balaban J connectivity index is 2.05. The topological polar surface area (TPSA) is 29.5 Å². The maximum absolute atomic E-state index is 9.93. The van der Waals surface area contributed by atoms with Gasteiger partial charge in [0.05, 0.1) is 12.7 Å². The van der Waals surface area contributed by atoms with Gasteiger partial charge in [-0.2, -0.15) is 0 Å². The van der Waals surface area contributed by atoms with Crippen LogP contribution in [0, 0.1) is 0 Å². The minimum absolute atomic E-state index is 0.169. The van der Waals surface area contributed by atoms with Crippen molar-refractivity contribution in [3.05, 3.63) is 59.2 Å². The number of allylic oxidation sites excluding steroid dienone is 1. The molecule has 0 saturated heterocycles. The third-order valence-corrected chi connectivity index (χ3v) is 4.04. The molecule has 0 saturated carbocycles. The van der Waals surface area contributed by atoms with Crippen LogP contribution >= 0.6 is 0 Å². The molecule has 1 aromatic carbocycles. The second kappa shape index (κ2) is 8.00. The first kappa shape index (κ1) is 16.6. The number of hydrogen-bond donors (Lipinski definition) is 1. The Kier molecular flexibility index (Phi) is 6.02. The van der Waals surface area contributed by atoms with E-state index in [0.717, 1.165) is 36.8 Å². The lowest BCUT2D eigenvalue weighted by atomic mass is 9.95. The molecule has 0 bridgehead atoms. The largest absolute Gasteiger partial charge is 0.507 e. The van der Waals surface area contributed by atoms with Gasteiger partial charge in [-0.15, -0.1) is 0 Å². The van der Waals surface area contributed by atoms with E-state index < -0.39 is 0 Å². The zero-order valence-electron chi connectivity index (χ0n) is 13.6. The molecular formula is C20H26O2. The Hall–Kier alpha value is -1.80. The van der Waals surface area contributed by atoms with Crippen LogP contribution in [0.5, 0.6) is 5.75 Å². The summed E-state index contributed by atoms with van der Waals surface area (Å²) in [5.74, 6) is 0.343. The molecule has 0 aromatic heterocycles. The summed E-state index contributed by atoms with van der Waals surface area (Å²) in [6.07, 6.45) is 8.54. The molecule has 118 valence electrons. The molecule has 0 spiro atoms. The average Bonchev–Trinajstić information content (AvgIpc) is 2.96. The molecule has 1 aliphatic heterocycles. The summed E-state index contributed by atoms with van der Waals surface area (Å²) >= 11 is 0. The summed E-state index contributed by atoms with van der Waals surface area (Å²) in [7, 11) is 0. The van der Waals surface area contributed by atoms with Crippen molar-refractivity contribution >= 4 is 6.08 Å². The Labute approximate surface area is 133 Å². The van der Waals surface area contributed by atoms with Crippen molar-refractivity contribution in [3.8, 4) is 5.75 Å². The van der Waals surface area contributed by atoms with Crippen LogP contribution in [0.2, 0.25) is 0 Å². The Morgan fingerprint density at radius 1 is 1.36 bits per heavy atom. The second-order valence-corrected chi connectivity index (χ2v) is 5.91. The van der Waals surface area contributed by atoms with Crippen LogP contribution in [0.15, 0.2) is 53.6 Å². The van der Waals surface area contributed by atoms with Crippen molar-refractivity contribution in [3.63, 3.8) is 0 Å². The van der Waals surface area contributed by atoms with Crippen LogP contribution in [-0.2, 0) is 4.74 Å². The van der Waals surface area contributed by atoms with Gasteiger partial charge in [-0.1, -0.05) is 61.4 Å². The summed E-state index contributed by atoms with van der Waals surface area (Å²) in [4.78, 5) is 0. The fraction of sp³-hybridized carbons (Fsp3) is 0.400. The van der Waals surface area contributed by atoms with Crippen molar-refractivity contribution in [1.29, 1.82) is 0 Å². The Morgan fingerprint density at radius 3 is 2.82 bits per heavy atom. The number of phenols is 1. The predicted molar refractivity (Wildman–Crippen MR) is 92.9 cm³/mol. The zero-order valence-corrected chi connectivity index (χ0v) is 13.6. The molecule has 1 heterocycles. The third kappa shape index (κ3) is 4.35. The fourth-order valence-corrected chi connectivity index (χ4v) is 2.90. The molecule has 1 aromatic rings. The van der Waals surface area contributed by atoms with E-state index in [1.165, 1.54) is 11.1 Å². The van der Waals surface area contributed by atoms with Crippen molar-refractivity contribution in [2.24, 2.45) is 0 Å². The lowest BCUT2D eigenvalue weighted by Gasteiger charge is -2.16. The van der Waals surface area contributed by atoms with E-state index in [1.54, 1.807) is 6.07 Å². The number of phenolic OH excluding ortho intramolecular Hbond substituents is 1. The van der Waals surface area contributed by atoms with Crippen molar-refractivity contribution in [2.75, 3.05) is 6.61 Å². The number of hydrogen-bond acceptors (Lipinski definition) is 2. The molecule has 1 atom stereocenters. The maximum Gasteiger partial charge on any atom is 0.122 e. The van der Waals surface area contributed by atoms with Crippen LogP contribution in [0.25, 0.3) is 6.08 Å². The second-order valence-electron chi connectivity index (χ2n) is 5.91. The Bertz CT molecular complexity index is 581. The Morgan fingerprint density at radius 2 is 2.14 bits per heavy atom. The smallest absolute Gasteiger partial charge is 0.122 e. The molecule has 0 amide bonds. The van der Waals surface area contributed by atoms with E-state index in [9.17, 15) is 5.11 Å². The van der Waals surface area contributed by atoms with E-state index in [-0.39, 0.29) is 6.10 Å². The minimum Gasteiger partial charge on any atom is -0.507 e. The molecule has 1 aliphatic rings. The molecule has 0 aliphatic carbocycles. The van der Waals surface area contributed by atoms with Gasteiger partial charge >= 0.3 is 0 Å². The van der Waals surface area contributed by atoms with E-state index in [2.05, 4.69) is 25.7 Å². The van der Waals surface area contributed by atoms with Gasteiger partial charge in [0.1, 0.15) is 5.75 Å². The molecule has 2 rings (SSSR count). The van der Waals surface area contributed by atoms with Gasteiger partial charge in [-0.05, 0) is 37.8 Å². The van der Waals surface area contributed by atoms with Crippen LogP contribution in [0.4, 0.5) is 0 Å². The predicted octanol–water partition coefficient (Wildman–Crippen LogP) is 5.26. The van der Waals surface area contributed by atoms with Gasteiger partial charge in [0.25, 0.3) is 0 Å². The molecule has 0 radical (unpaired) electrons. The lowest BCUT2D eigenvalue weighted by Crippen LogP contribution is -2.11. The van der Waals surface area contributed by atoms with E-state index >= 15 is 0 Å². The van der Waals surface area contributed by atoms with Crippen LogP contribution in [-0.4, -0.2) is 17.8 Å². The molecule has 2 nitrogen and oxygen atoms in total. The summed E-state index contributed by atoms with van der Waals surface area (Å²) in [6, 6.07) is 7.49. The monoisotopic (exact) mass is 298 g/mol. The first-order valence-electron chi connectivity index (χ1n) is 8.06. The standard InChI is InChI=1S/C20H26O2/c1-4-7-16(14-17-8-5-6-9-19(17)21)10-11-20-18(15(2)3)12-13-22-20/h5-6,8-9,12,14,20-21H,2,4,7,10-11,13H2,1,3H3/b16-14+. The van der Waals surface area contributed by atoms with E-state index in [0.29, 0.717) is 12.4 Å². The van der Waals surface area contributed by atoms with Gasteiger partial charge in [-0.3, -0.25) is 0 Å². The highest BCUT2D eigenvalue weighted by Crippen LogP contribution is 2.28.